The van der Waals surface area contributed by atoms with Gasteiger partial charge in [-0.15, -0.1) is 0 Å². The maximum Gasteiger partial charge on any atom is 0.233 e. The summed E-state index contributed by atoms with van der Waals surface area (Å²) in [6.07, 6.45) is 0.158. The molecule has 7 heteroatoms. The molecule has 6 nitrogen and oxygen atoms in total. The summed E-state index contributed by atoms with van der Waals surface area (Å²) in [5.41, 5.74) is 0.875. The van der Waals surface area contributed by atoms with E-state index in [4.69, 9.17) is 4.74 Å². The van der Waals surface area contributed by atoms with Crippen LogP contribution in [0.3, 0.4) is 0 Å². The number of hydrogen-bond acceptors (Lipinski definition) is 6. The number of carbonyl (C=O) groups is 1. The minimum Gasteiger partial charge on any atom is -0.372 e. The number of ether oxygens (including phenoxy) is 1. The Morgan fingerprint density at radius 2 is 2.00 bits per heavy atom. The molecule has 0 unspecified atom stereocenters. The fourth-order valence-electron chi connectivity index (χ4n) is 2.91. The Morgan fingerprint density at radius 3 is 2.71 bits per heavy atom. The second-order valence-electron chi connectivity index (χ2n) is 5.97. The van der Waals surface area contributed by atoms with E-state index in [2.05, 4.69) is 15.3 Å². The third-order valence-electron chi connectivity index (χ3n) is 3.92. The van der Waals surface area contributed by atoms with Gasteiger partial charge in [-0.25, -0.2) is 9.97 Å². The third-order valence-corrected chi connectivity index (χ3v) is 4.75. The van der Waals surface area contributed by atoms with E-state index in [1.165, 1.54) is 11.8 Å². The SMILES string of the molecule is CNc1nc(SCC(=O)N2C[C@@H](C)O[C@@H](C)C2)nc2ccccc12. The van der Waals surface area contributed by atoms with Crippen molar-refractivity contribution in [1.29, 1.82) is 0 Å². The van der Waals surface area contributed by atoms with Gasteiger partial charge in [0, 0.05) is 25.5 Å². The predicted molar refractivity (Wildman–Crippen MR) is 96.4 cm³/mol. The highest BCUT2D eigenvalue weighted by Crippen LogP contribution is 2.24. The number of thioether (sulfide) groups is 1. The highest BCUT2D eigenvalue weighted by Gasteiger charge is 2.25. The molecular formula is C17H22N4O2S. The molecule has 2 atom stereocenters. The Bertz CT molecular complexity index is 730. The van der Waals surface area contributed by atoms with Crippen molar-refractivity contribution < 1.29 is 9.53 Å². The molecule has 0 saturated carbocycles. The fraction of sp³-hybridized carbons (Fsp3) is 0.471. The Labute approximate surface area is 146 Å². The van der Waals surface area contributed by atoms with Crippen LogP contribution in [-0.2, 0) is 9.53 Å². The summed E-state index contributed by atoms with van der Waals surface area (Å²) in [6.45, 7) is 5.28. The molecule has 0 spiro atoms. The quantitative estimate of drug-likeness (QED) is 0.677. The smallest absolute Gasteiger partial charge is 0.233 e. The van der Waals surface area contributed by atoms with Crippen molar-refractivity contribution in [2.75, 3.05) is 31.2 Å². The molecule has 1 amide bonds. The topological polar surface area (TPSA) is 67.4 Å². The molecule has 1 aromatic carbocycles. The minimum absolute atomic E-state index is 0.0792. The van der Waals surface area contributed by atoms with Crippen LogP contribution in [0.15, 0.2) is 29.4 Å². The number of carbonyl (C=O) groups excluding carboxylic acids is 1. The van der Waals surface area contributed by atoms with E-state index in [1.807, 2.05) is 50.1 Å². The fourth-order valence-corrected chi connectivity index (χ4v) is 3.66. The van der Waals surface area contributed by atoms with Crippen LogP contribution in [0.1, 0.15) is 13.8 Å². The monoisotopic (exact) mass is 346 g/mol. The highest BCUT2D eigenvalue weighted by molar-refractivity contribution is 7.99. The van der Waals surface area contributed by atoms with Gasteiger partial charge in [0.05, 0.1) is 23.5 Å². The Hall–Kier alpha value is -1.86. The van der Waals surface area contributed by atoms with Crippen LogP contribution in [0, 0.1) is 0 Å². The lowest BCUT2D eigenvalue weighted by atomic mass is 10.2. The molecule has 2 aromatic rings. The Kier molecular flexibility index (Phi) is 5.20. The van der Waals surface area contributed by atoms with Crippen molar-refractivity contribution in [3.8, 4) is 0 Å². The molecule has 0 radical (unpaired) electrons. The van der Waals surface area contributed by atoms with Gasteiger partial charge in [-0.2, -0.15) is 0 Å². The first-order chi connectivity index (χ1) is 11.6. The number of aromatic nitrogens is 2. The molecule has 1 aliphatic rings. The van der Waals surface area contributed by atoms with Crippen molar-refractivity contribution in [3.05, 3.63) is 24.3 Å². The zero-order chi connectivity index (χ0) is 17.1. The lowest BCUT2D eigenvalue weighted by Crippen LogP contribution is -2.48. The first kappa shape index (κ1) is 17.0. The molecule has 1 N–H and O–H groups in total. The van der Waals surface area contributed by atoms with E-state index < -0.39 is 0 Å². The van der Waals surface area contributed by atoms with Crippen LogP contribution < -0.4 is 5.32 Å². The number of hydrogen-bond donors (Lipinski definition) is 1. The minimum atomic E-state index is 0.0792. The van der Waals surface area contributed by atoms with Crippen molar-refractivity contribution >= 4 is 34.4 Å². The number of nitrogens with one attached hydrogen (secondary N) is 1. The van der Waals surface area contributed by atoms with Gasteiger partial charge in [0.2, 0.25) is 5.91 Å². The summed E-state index contributed by atoms with van der Waals surface area (Å²) in [7, 11) is 1.84. The molecule has 0 bridgehead atoms. The van der Waals surface area contributed by atoms with E-state index in [0.29, 0.717) is 24.0 Å². The highest BCUT2D eigenvalue weighted by atomic mass is 32.2. The van der Waals surface area contributed by atoms with E-state index >= 15 is 0 Å². The van der Waals surface area contributed by atoms with Crippen LogP contribution >= 0.6 is 11.8 Å². The van der Waals surface area contributed by atoms with Gasteiger partial charge in [0.15, 0.2) is 5.16 Å². The van der Waals surface area contributed by atoms with E-state index in [0.717, 1.165) is 16.7 Å². The van der Waals surface area contributed by atoms with Crippen molar-refractivity contribution in [2.24, 2.45) is 0 Å². The maximum absolute atomic E-state index is 12.5. The van der Waals surface area contributed by atoms with Gasteiger partial charge >= 0.3 is 0 Å². The lowest BCUT2D eigenvalue weighted by molar-refractivity contribution is -0.140. The standard InChI is InChI=1S/C17H22N4O2S/c1-11-8-21(9-12(2)23-11)15(22)10-24-17-19-14-7-5-4-6-13(14)16(18-3)20-17/h4-7,11-12H,8-10H2,1-3H3,(H,18,19,20)/t11-,12+. The summed E-state index contributed by atoms with van der Waals surface area (Å²) in [5, 5.41) is 4.69. The van der Waals surface area contributed by atoms with Crippen LogP contribution in [0.2, 0.25) is 0 Å². The first-order valence-electron chi connectivity index (χ1n) is 8.07. The number of para-hydroxylation sites is 1. The average Bonchev–Trinajstić information content (AvgIpc) is 2.58. The van der Waals surface area contributed by atoms with E-state index in [1.54, 1.807) is 0 Å². The summed E-state index contributed by atoms with van der Waals surface area (Å²) in [5.74, 6) is 1.22. The van der Waals surface area contributed by atoms with Gasteiger partial charge in [-0.05, 0) is 26.0 Å². The van der Waals surface area contributed by atoms with Crippen molar-refractivity contribution in [1.82, 2.24) is 14.9 Å². The number of amides is 1. The largest absolute Gasteiger partial charge is 0.372 e. The van der Waals surface area contributed by atoms with Gasteiger partial charge < -0.3 is 15.0 Å². The van der Waals surface area contributed by atoms with E-state index in [-0.39, 0.29) is 18.1 Å². The van der Waals surface area contributed by atoms with Gasteiger partial charge in [0.25, 0.3) is 0 Å². The molecule has 2 heterocycles. The first-order valence-corrected chi connectivity index (χ1v) is 9.06. The molecule has 1 aliphatic heterocycles. The molecule has 3 rings (SSSR count). The predicted octanol–water partition coefficient (Wildman–Crippen LogP) is 2.40. The van der Waals surface area contributed by atoms with Gasteiger partial charge in [-0.3, -0.25) is 4.79 Å². The summed E-state index contributed by atoms with van der Waals surface area (Å²) >= 11 is 1.37. The summed E-state index contributed by atoms with van der Waals surface area (Å²) in [4.78, 5) is 23.4. The molecule has 1 saturated heterocycles. The van der Waals surface area contributed by atoms with Crippen LogP contribution in [0.25, 0.3) is 10.9 Å². The Morgan fingerprint density at radius 1 is 1.29 bits per heavy atom. The number of morpholine rings is 1. The molecular weight excluding hydrogens is 324 g/mol. The van der Waals surface area contributed by atoms with Crippen molar-refractivity contribution in [2.45, 2.75) is 31.2 Å². The number of benzene rings is 1. The average molecular weight is 346 g/mol. The normalized spacial score (nSPS) is 21.0. The second-order valence-corrected chi connectivity index (χ2v) is 6.91. The van der Waals surface area contributed by atoms with E-state index in [9.17, 15) is 4.79 Å². The number of anilines is 1. The maximum atomic E-state index is 12.5. The number of rotatable bonds is 4. The molecule has 128 valence electrons. The number of fused-ring (bicyclic) bond motifs is 1. The lowest BCUT2D eigenvalue weighted by Gasteiger charge is -2.35. The van der Waals surface area contributed by atoms with Gasteiger partial charge in [-0.1, -0.05) is 23.9 Å². The molecule has 0 aliphatic carbocycles. The number of nitrogens with zero attached hydrogens (tertiary/aromatic N) is 3. The molecule has 24 heavy (non-hydrogen) atoms. The molecule has 1 aromatic heterocycles. The zero-order valence-corrected chi connectivity index (χ0v) is 15.0. The summed E-state index contributed by atoms with van der Waals surface area (Å²) < 4.78 is 5.67. The second kappa shape index (κ2) is 7.36. The third kappa shape index (κ3) is 3.79. The zero-order valence-electron chi connectivity index (χ0n) is 14.2. The van der Waals surface area contributed by atoms with Crippen LogP contribution in [0.5, 0.6) is 0 Å². The molecule has 1 fully saturated rings. The van der Waals surface area contributed by atoms with Gasteiger partial charge in [0.1, 0.15) is 5.82 Å². The Balaban J connectivity index is 1.70. The van der Waals surface area contributed by atoms with Crippen molar-refractivity contribution in [3.63, 3.8) is 0 Å². The van der Waals surface area contributed by atoms with Crippen LogP contribution in [0.4, 0.5) is 5.82 Å². The van der Waals surface area contributed by atoms with Crippen LogP contribution in [-0.4, -0.2) is 58.9 Å². The summed E-state index contributed by atoms with van der Waals surface area (Å²) in [6, 6.07) is 7.85.